The Labute approximate surface area is 175 Å². The minimum Gasteiger partial charge on any atom is -0.507 e. The summed E-state index contributed by atoms with van der Waals surface area (Å²) in [6.45, 7) is 3.41. The van der Waals surface area contributed by atoms with Crippen LogP contribution >= 0.6 is 0 Å². The zero-order valence-electron chi connectivity index (χ0n) is 17.1. The van der Waals surface area contributed by atoms with Crippen molar-refractivity contribution in [3.05, 3.63) is 72.3 Å². The fraction of sp³-hybridized carbons (Fsp3) is 0.167. The molecule has 0 saturated heterocycles. The third kappa shape index (κ3) is 5.17. The van der Waals surface area contributed by atoms with E-state index in [1.807, 2.05) is 42.5 Å². The number of allylic oxidation sites excluding steroid dienone is 1. The number of carbonyl (C=O) groups excluding carboxylic acids is 1. The van der Waals surface area contributed by atoms with Crippen molar-refractivity contribution in [3.8, 4) is 17.2 Å². The summed E-state index contributed by atoms with van der Waals surface area (Å²) in [7, 11) is 1.56. The Balaban J connectivity index is 1.63. The Kier molecular flexibility index (Phi) is 6.70. The molecule has 3 aromatic rings. The third-order valence-corrected chi connectivity index (χ3v) is 4.50. The van der Waals surface area contributed by atoms with Crippen molar-refractivity contribution in [2.24, 2.45) is 5.10 Å². The van der Waals surface area contributed by atoms with Gasteiger partial charge in [-0.3, -0.25) is 4.79 Å². The lowest BCUT2D eigenvalue weighted by Crippen LogP contribution is -2.33. The van der Waals surface area contributed by atoms with Gasteiger partial charge in [-0.05, 0) is 55.7 Å². The van der Waals surface area contributed by atoms with Crippen LogP contribution in [0.1, 0.15) is 19.4 Å². The molecule has 0 aromatic heterocycles. The molecule has 0 fully saturated rings. The fourth-order valence-electron chi connectivity index (χ4n) is 2.82. The number of nitrogens with zero attached hydrogens (tertiary/aromatic N) is 1. The number of hydrogen-bond donors (Lipinski definition) is 2. The second kappa shape index (κ2) is 9.60. The first-order valence-corrected chi connectivity index (χ1v) is 9.51. The molecule has 30 heavy (non-hydrogen) atoms. The van der Waals surface area contributed by atoms with Crippen molar-refractivity contribution >= 4 is 28.5 Å². The van der Waals surface area contributed by atoms with E-state index >= 15 is 0 Å². The van der Waals surface area contributed by atoms with Gasteiger partial charge in [0.05, 0.1) is 12.8 Å². The highest BCUT2D eigenvalue weighted by Gasteiger charge is 2.15. The number of hydrazone groups is 1. The van der Waals surface area contributed by atoms with Crippen LogP contribution in [0.5, 0.6) is 17.2 Å². The van der Waals surface area contributed by atoms with Crippen LogP contribution in [0.2, 0.25) is 0 Å². The molecule has 0 aliphatic rings. The van der Waals surface area contributed by atoms with Gasteiger partial charge in [0.2, 0.25) is 0 Å². The summed E-state index contributed by atoms with van der Waals surface area (Å²) >= 11 is 0. The first-order chi connectivity index (χ1) is 14.5. The van der Waals surface area contributed by atoms with Gasteiger partial charge in [0.25, 0.3) is 5.91 Å². The Hall–Kier alpha value is -3.80. The normalized spacial score (nSPS) is 12.7. The lowest BCUT2D eigenvalue weighted by molar-refractivity contribution is -0.127. The minimum atomic E-state index is -0.723. The molecule has 0 spiro atoms. The molecule has 0 radical (unpaired) electrons. The number of phenols is 1. The summed E-state index contributed by atoms with van der Waals surface area (Å²) in [5, 5.41) is 16.0. The number of hydrogen-bond acceptors (Lipinski definition) is 5. The maximum Gasteiger partial charge on any atom is 0.280 e. The number of nitrogens with one attached hydrogen (secondary N) is 1. The standard InChI is InChI=1S/C24H24N2O4/c1-16(11-12-19-15-20(29-3)13-14-22(19)27)25-26-24(28)17(2)30-23-10-6-8-18-7-4-5-9-21(18)23/h4-15,17,27H,1-3H3,(H,26,28)/b12-11+,25-16+. The second-order valence-corrected chi connectivity index (χ2v) is 6.72. The van der Waals surface area contributed by atoms with Crippen LogP contribution in [0.3, 0.4) is 0 Å². The molecular weight excluding hydrogens is 380 g/mol. The molecule has 3 aromatic carbocycles. The highest BCUT2D eigenvalue weighted by Crippen LogP contribution is 2.26. The van der Waals surface area contributed by atoms with Crippen molar-refractivity contribution in [2.45, 2.75) is 20.0 Å². The van der Waals surface area contributed by atoms with Gasteiger partial charge in [-0.2, -0.15) is 5.10 Å². The molecule has 0 saturated carbocycles. The number of phenolic OH excluding ortho intramolecular Hbond substituents is 1. The molecule has 0 aliphatic carbocycles. The quantitative estimate of drug-likeness (QED) is 0.448. The van der Waals surface area contributed by atoms with Gasteiger partial charge < -0.3 is 14.6 Å². The molecule has 6 heteroatoms. The minimum absolute atomic E-state index is 0.126. The average molecular weight is 404 g/mol. The zero-order valence-corrected chi connectivity index (χ0v) is 17.1. The number of aromatic hydroxyl groups is 1. The number of methoxy groups -OCH3 is 1. The number of ether oxygens (including phenoxy) is 2. The Bertz CT molecular complexity index is 1100. The van der Waals surface area contributed by atoms with Crippen molar-refractivity contribution in [3.63, 3.8) is 0 Å². The summed E-state index contributed by atoms with van der Waals surface area (Å²) in [6.07, 6.45) is 2.66. The highest BCUT2D eigenvalue weighted by atomic mass is 16.5. The predicted octanol–water partition coefficient (Wildman–Crippen LogP) is 4.53. The predicted molar refractivity (Wildman–Crippen MR) is 119 cm³/mol. The number of fused-ring (bicyclic) bond motifs is 1. The average Bonchev–Trinajstić information content (AvgIpc) is 2.77. The molecule has 6 nitrogen and oxygen atoms in total. The number of carbonyl (C=O) groups is 1. The van der Waals surface area contributed by atoms with Crippen LogP contribution in [0, 0.1) is 0 Å². The van der Waals surface area contributed by atoms with Gasteiger partial charge >= 0.3 is 0 Å². The van der Waals surface area contributed by atoms with Crippen LogP contribution in [-0.4, -0.2) is 29.9 Å². The van der Waals surface area contributed by atoms with Crippen molar-refractivity contribution in [1.29, 1.82) is 0 Å². The monoisotopic (exact) mass is 404 g/mol. The molecular formula is C24H24N2O4. The lowest BCUT2D eigenvalue weighted by Gasteiger charge is -2.15. The molecule has 1 atom stereocenters. The van der Waals surface area contributed by atoms with Gasteiger partial charge in [0.1, 0.15) is 17.2 Å². The van der Waals surface area contributed by atoms with Crippen LogP contribution in [0.4, 0.5) is 0 Å². The van der Waals surface area contributed by atoms with E-state index in [0.717, 1.165) is 10.8 Å². The highest BCUT2D eigenvalue weighted by molar-refractivity contribution is 5.97. The maximum absolute atomic E-state index is 12.4. The summed E-state index contributed by atoms with van der Waals surface area (Å²) in [5.41, 5.74) is 3.65. The van der Waals surface area contributed by atoms with Gasteiger partial charge in [-0.15, -0.1) is 0 Å². The van der Waals surface area contributed by atoms with E-state index in [2.05, 4.69) is 10.5 Å². The van der Waals surface area contributed by atoms with E-state index in [4.69, 9.17) is 9.47 Å². The van der Waals surface area contributed by atoms with Crippen molar-refractivity contribution < 1.29 is 19.4 Å². The number of rotatable bonds is 7. The van der Waals surface area contributed by atoms with Crippen LogP contribution in [0.25, 0.3) is 16.8 Å². The zero-order chi connectivity index (χ0) is 21.5. The van der Waals surface area contributed by atoms with Crippen LogP contribution in [-0.2, 0) is 4.79 Å². The molecule has 3 rings (SSSR count). The van der Waals surface area contributed by atoms with Gasteiger partial charge in [0, 0.05) is 10.9 Å². The summed E-state index contributed by atoms with van der Waals surface area (Å²) in [5.74, 6) is 1.04. The smallest absolute Gasteiger partial charge is 0.280 e. The summed E-state index contributed by atoms with van der Waals surface area (Å²) in [4.78, 5) is 12.4. The molecule has 0 bridgehead atoms. The molecule has 154 valence electrons. The molecule has 1 amide bonds. The molecule has 0 heterocycles. The molecule has 1 unspecified atom stereocenters. The summed E-state index contributed by atoms with van der Waals surface area (Å²) in [6, 6.07) is 18.5. The van der Waals surface area contributed by atoms with E-state index in [0.29, 0.717) is 22.8 Å². The van der Waals surface area contributed by atoms with Gasteiger partial charge in [-0.1, -0.05) is 36.4 Å². The Morgan fingerprint density at radius 2 is 1.90 bits per heavy atom. The third-order valence-electron chi connectivity index (χ3n) is 4.50. The van der Waals surface area contributed by atoms with Crippen LogP contribution in [0.15, 0.2) is 71.8 Å². The van der Waals surface area contributed by atoms with E-state index in [-0.39, 0.29) is 11.7 Å². The van der Waals surface area contributed by atoms with E-state index in [1.54, 1.807) is 51.3 Å². The lowest BCUT2D eigenvalue weighted by atomic mass is 10.1. The fourth-order valence-corrected chi connectivity index (χ4v) is 2.82. The Morgan fingerprint density at radius 3 is 2.70 bits per heavy atom. The topological polar surface area (TPSA) is 80.2 Å². The van der Waals surface area contributed by atoms with E-state index in [1.165, 1.54) is 0 Å². The first kappa shape index (κ1) is 20.9. The molecule has 2 N–H and O–H groups in total. The maximum atomic E-state index is 12.4. The largest absolute Gasteiger partial charge is 0.507 e. The van der Waals surface area contributed by atoms with Gasteiger partial charge in [-0.25, -0.2) is 5.43 Å². The van der Waals surface area contributed by atoms with Crippen molar-refractivity contribution in [1.82, 2.24) is 5.43 Å². The second-order valence-electron chi connectivity index (χ2n) is 6.72. The van der Waals surface area contributed by atoms with E-state index < -0.39 is 6.10 Å². The van der Waals surface area contributed by atoms with Crippen molar-refractivity contribution in [2.75, 3.05) is 7.11 Å². The summed E-state index contributed by atoms with van der Waals surface area (Å²) < 4.78 is 11.0. The SMILES string of the molecule is COc1ccc(O)c(/C=C/C(C)=N/NC(=O)C(C)Oc2cccc3ccccc23)c1. The molecule has 0 aliphatic heterocycles. The number of amides is 1. The first-order valence-electron chi connectivity index (χ1n) is 9.51. The van der Waals surface area contributed by atoms with E-state index in [9.17, 15) is 9.90 Å². The Morgan fingerprint density at radius 1 is 1.13 bits per heavy atom. The van der Waals surface area contributed by atoms with Gasteiger partial charge in [0.15, 0.2) is 6.10 Å². The van der Waals surface area contributed by atoms with Crippen LogP contribution < -0.4 is 14.9 Å². The number of benzene rings is 3.